The molecule has 1 aromatic carbocycles. The first-order chi connectivity index (χ1) is 17.6. The second-order valence-corrected chi connectivity index (χ2v) is 11.2. The third kappa shape index (κ3) is 6.82. The van der Waals surface area contributed by atoms with Crippen molar-refractivity contribution in [1.29, 1.82) is 0 Å². The lowest BCUT2D eigenvalue weighted by molar-refractivity contribution is -0.172. The van der Waals surface area contributed by atoms with Crippen LogP contribution in [0.25, 0.3) is 16.6 Å². The van der Waals surface area contributed by atoms with E-state index in [9.17, 15) is 14.7 Å². The molecule has 1 aliphatic rings. The van der Waals surface area contributed by atoms with Crippen LogP contribution in [0.15, 0.2) is 47.6 Å². The van der Waals surface area contributed by atoms with E-state index in [-0.39, 0.29) is 12.2 Å². The standard InChI is InChI=1S/C27H33N3O6S/c1-27(2,3)26(33)36-17-35-25(32)14-19-16-28-30-12-7-18(13-23(19)30)22-6-5-20(31)15-24(22)37-29-10-8-21(34-4)9-11-29/h5-7,12-13,15-16,21,31H,8-11,14,17H2,1-4H3. The Morgan fingerprint density at radius 3 is 2.59 bits per heavy atom. The first kappa shape index (κ1) is 27.0. The smallest absolute Gasteiger partial charge is 0.314 e. The molecule has 37 heavy (non-hydrogen) atoms. The number of nitrogens with zero attached hydrogens (tertiary/aromatic N) is 3. The highest BCUT2D eigenvalue weighted by atomic mass is 32.2. The highest BCUT2D eigenvalue weighted by molar-refractivity contribution is 7.97. The Morgan fingerprint density at radius 1 is 1.14 bits per heavy atom. The van der Waals surface area contributed by atoms with Gasteiger partial charge >= 0.3 is 11.9 Å². The predicted octanol–water partition coefficient (Wildman–Crippen LogP) is 4.46. The number of pyridine rings is 1. The van der Waals surface area contributed by atoms with Crippen molar-refractivity contribution >= 4 is 29.4 Å². The molecular weight excluding hydrogens is 494 g/mol. The molecule has 0 spiro atoms. The third-order valence-corrected chi connectivity index (χ3v) is 7.35. The molecule has 1 aliphatic heterocycles. The zero-order valence-corrected chi connectivity index (χ0v) is 22.4. The van der Waals surface area contributed by atoms with Gasteiger partial charge in [0.2, 0.25) is 6.79 Å². The van der Waals surface area contributed by atoms with Gasteiger partial charge in [0.15, 0.2) is 0 Å². The minimum atomic E-state index is -0.670. The number of carbonyl (C=O) groups excluding carboxylic acids is 2. The van der Waals surface area contributed by atoms with Crippen LogP contribution in [0.4, 0.5) is 0 Å². The highest BCUT2D eigenvalue weighted by Gasteiger charge is 2.24. The number of hydrogen-bond donors (Lipinski definition) is 1. The average Bonchev–Trinajstić information content (AvgIpc) is 3.25. The Hall–Kier alpha value is -3.08. The van der Waals surface area contributed by atoms with Crippen molar-refractivity contribution in [2.75, 3.05) is 27.0 Å². The molecule has 0 unspecified atom stereocenters. The van der Waals surface area contributed by atoms with Crippen molar-refractivity contribution in [3.63, 3.8) is 0 Å². The van der Waals surface area contributed by atoms with Gasteiger partial charge in [0.1, 0.15) is 5.75 Å². The zero-order chi connectivity index (χ0) is 26.6. The van der Waals surface area contributed by atoms with E-state index in [0.29, 0.717) is 11.7 Å². The number of phenolic OH excluding ortho intramolecular Hbond substituents is 1. The number of hydrogen-bond acceptors (Lipinski definition) is 9. The molecule has 0 amide bonds. The van der Waals surface area contributed by atoms with E-state index in [4.69, 9.17) is 14.2 Å². The van der Waals surface area contributed by atoms with E-state index in [1.807, 2.05) is 24.4 Å². The van der Waals surface area contributed by atoms with Gasteiger partial charge in [-0.05, 0) is 87.0 Å². The number of carbonyl (C=O) groups is 2. The largest absolute Gasteiger partial charge is 0.508 e. The van der Waals surface area contributed by atoms with E-state index in [1.165, 1.54) is 0 Å². The third-order valence-electron chi connectivity index (χ3n) is 6.20. The summed E-state index contributed by atoms with van der Waals surface area (Å²) in [6, 6.07) is 9.29. The molecule has 0 atom stereocenters. The molecule has 2 aromatic heterocycles. The SMILES string of the molecule is COC1CCN(Sc2cc(O)ccc2-c2ccn3ncc(CC(=O)OCOC(=O)C(C)(C)C)c3c2)CC1. The summed E-state index contributed by atoms with van der Waals surface area (Å²) in [6.45, 7) is 6.57. The number of aromatic hydroxyl groups is 1. The van der Waals surface area contributed by atoms with E-state index in [0.717, 1.165) is 47.5 Å². The van der Waals surface area contributed by atoms with Crippen LogP contribution in [0.2, 0.25) is 0 Å². The number of rotatable bonds is 8. The first-order valence-corrected chi connectivity index (χ1v) is 13.0. The fraction of sp³-hybridized carbons (Fsp3) is 0.444. The van der Waals surface area contributed by atoms with Gasteiger partial charge in [-0.25, -0.2) is 8.82 Å². The van der Waals surface area contributed by atoms with Gasteiger partial charge in [0, 0.05) is 36.9 Å². The Morgan fingerprint density at radius 2 is 1.89 bits per heavy atom. The lowest BCUT2D eigenvalue weighted by Gasteiger charge is -2.30. The van der Waals surface area contributed by atoms with Crippen molar-refractivity contribution in [1.82, 2.24) is 13.9 Å². The Balaban J connectivity index is 1.49. The van der Waals surface area contributed by atoms with Gasteiger partial charge in [-0.1, -0.05) is 0 Å². The fourth-order valence-corrected chi connectivity index (χ4v) is 5.16. The van der Waals surface area contributed by atoms with Crippen LogP contribution < -0.4 is 0 Å². The molecule has 3 heterocycles. The maximum absolute atomic E-state index is 12.4. The van der Waals surface area contributed by atoms with Crippen LogP contribution in [-0.2, 0) is 30.2 Å². The van der Waals surface area contributed by atoms with Crippen LogP contribution in [-0.4, -0.2) is 64.1 Å². The summed E-state index contributed by atoms with van der Waals surface area (Å²) in [5.41, 5.74) is 2.71. The van der Waals surface area contributed by atoms with Crippen molar-refractivity contribution in [2.45, 2.75) is 51.0 Å². The number of aromatic nitrogens is 2. The van der Waals surface area contributed by atoms with Crippen molar-refractivity contribution in [3.8, 4) is 16.9 Å². The maximum Gasteiger partial charge on any atom is 0.314 e. The molecule has 9 nitrogen and oxygen atoms in total. The first-order valence-electron chi connectivity index (χ1n) is 12.2. The number of fused-ring (bicyclic) bond motifs is 1. The molecule has 198 valence electrons. The summed E-state index contributed by atoms with van der Waals surface area (Å²) < 4.78 is 19.6. The Kier molecular flexibility index (Phi) is 8.41. The molecule has 0 aliphatic carbocycles. The summed E-state index contributed by atoms with van der Waals surface area (Å²) in [4.78, 5) is 25.2. The maximum atomic E-state index is 12.4. The minimum Gasteiger partial charge on any atom is -0.508 e. The second kappa shape index (κ2) is 11.5. The monoisotopic (exact) mass is 527 g/mol. The number of piperidine rings is 1. The quantitative estimate of drug-likeness (QED) is 0.258. The van der Waals surface area contributed by atoms with E-state index in [1.54, 1.807) is 62.7 Å². The molecule has 1 N–H and O–H groups in total. The summed E-state index contributed by atoms with van der Waals surface area (Å²) in [7, 11) is 1.75. The summed E-state index contributed by atoms with van der Waals surface area (Å²) in [5, 5.41) is 14.5. The molecule has 3 aromatic rings. The minimum absolute atomic E-state index is 0.00828. The Bertz CT molecular complexity index is 1260. The van der Waals surface area contributed by atoms with Crippen LogP contribution in [0.1, 0.15) is 39.2 Å². The predicted molar refractivity (Wildman–Crippen MR) is 140 cm³/mol. The summed E-state index contributed by atoms with van der Waals surface area (Å²) >= 11 is 1.63. The van der Waals surface area contributed by atoms with Crippen LogP contribution in [0.5, 0.6) is 5.75 Å². The van der Waals surface area contributed by atoms with Crippen LogP contribution in [0, 0.1) is 5.41 Å². The molecule has 1 saturated heterocycles. The summed E-state index contributed by atoms with van der Waals surface area (Å²) in [5.74, 6) is -0.743. The fourth-order valence-electron chi connectivity index (χ4n) is 4.03. The topological polar surface area (TPSA) is 103 Å². The van der Waals surface area contributed by atoms with E-state index in [2.05, 4.69) is 9.40 Å². The number of phenols is 1. The van der Waals surface area contributed by atoms with Crippen LogP contribution >= 0.6 is 11.9 Å². The molecule has 1 fully saturated rings. The zero-order valence-electron chi connectivity index (χ0n) is 21.6. The van der Waals surface area contributed by atoms with Gasteiger partial charge < -0.3 is 19.3 Å². The number of esters is 2. The van der Waals surface area contributed by atoms with Crippen molar-refractivity contribution in [3.05, 3.63) is 48.3 Å². The number of ether oxygens (including phenoxy) is 3. The molecule has 10 heteroatoms. The average molecular weight is 528 g/mol. The molecule has 4 rings (SSSR count). The number of methoxy groups -OCH3 is 1. The molecule has 0 radical (unpaired) electrons. The normalized spacial score (nSPS) is 15.1. The molecule has 0 saturated carbocycles. The van der Waals surface area contributed by atoms with Crippen LogP contribution in [0.3, 0.4) is 0 Å². The lowest BCUT2D eigenvalue weighted by atomic mass is 9.98. The van der Waals surface area contributed by atoms with E-state index >= 15 is 0 Å². The molecule has 0 bridgehead atoms. The lowest BCUT2D eigenvalue weighted by Crippen LogP contribution is -2.32. The van der Waals surface area contributed by atoms with Gasteiger partial charge in [0.05, 0.1) is 29.7 Å². The van der Waals surface area contributed by atoms with Gasteiger partial charge in [-0.15, -0.1) is 0 Å². The number of benzene rings is 1. The molecular formula is C27H33N3O6S. The van der Waals surface area contributed by atoms with Crippen molar-refractivity contribution < 1.29 is 28.9 Å². The van der Waals surface area contributed by atoms with E-state index < -0.39 is 24.1 Å². The van der Waals surface area contributed by atoms with Gasteiger partial charge in [0.25, 0.3) is 0 Å². The van der Waals surface area contributed by atoms with Crippen molar-refractivity contribution in [2.24, 2.45) is 5.41 Å². The van der Waals surface area contributed by atoms with Gasteiger partial charge in [-0.3, -0.25) is 9.59 Å². The highest BCUT2D eigenvalue weighted by Crippen LogP contribution is 2.37. The summed E-state index contributed by atoms with van der Waals surface area (Å²) in [6.07, 6.45) is 5.69. The Labute approximate surface area is 220 Å². The second-order valence-electron chi connectivity index (χ2n) is 10.0. The van der Waals surface area contributed by atoms with Gasteiger partial charge in [-0.2, -0.15) is 5.10 Å².